The number of alkyl halides is 3. The summed E-state index contributed by atoms with van der Waals surface area (Å²) >= 11 is 11.8. The highest BCUT2D eigenvalue weighted by Crippen LogP contribution is 2.30. The zero-order chi connectivity index (χ0) is 27.2. The van der Waals surface area contributed by atoms with Crippen LogP contribution < -0.4 is 15.4 Å². The molecule has 1 atom stereocenters. The monoisotopic (exact) mass is 554 g/mol. The quantitative estimate of drug-likeness (QED) is 0.323. The van der Waals surface area contributed by atoms with Crippen molar-refractivity contribution in [3.05, 3.63) is 87.9 Å². The van der Waals surface area contributed by atoms with E-state index in [1.807, 2.05) is 0 Å². The number of halogens is 5. The lowest BCUT2D eigenvalue weighted by molar-refractivity contribution is -0.137. The normalized spacial score (nSPS) is 11.8. The molecule has 0 spiro atoms. The van der Waals surface area contributed by atoms with Crippen LogP contribution in [0.15, 0.2) is 66.7 Å². The Bertz CT molecular complexity index is 1300. The molecule has 3 rings (SSSR count). The molecular weight excluding hydrogens is 536 g/mol. The Morgan fingerprint density at radius 2 is 1.65 bits per heavy atom. The van der Waals surface area contributed by atoms with Gasteiger partial charge in [0.05, 0.1) is 21.8 Å². The summed E-state index contributed by atoms with van der Waals surface area (Å²) in [6, 6.07) is 14.2. The number of nitrogens with one attached hydrogen (secondary N) is 2. The number of carbonyl (C=O) groups is 3. The number of esters is 1. The molecule has 0 aromatic heterocycles. The van der Waals surface area contributed by atoms with E-state index < -0.39 is 42.2 Å². The van der Waals surface area contributed by atoms with Crippen LogP contribution in [0.25, 0.3) is 0 Å². The van der Waals surface area contributed by atoms with Crippen molar-refractivity contribution in [3.63, 3.8) is 0 Å². The van der Waals surface area contributed by atoms with E-state index in [2.05, 4.69) is 10.6 Å². The number of carbonyl (C=O) groups excluding carboxylic acids is 3. The first-order chi connectivity index (χ1) is 17.4. The second-order valence-corrected chi connectivity index (χ2v) is 8.44. The maximum Gasteiger partial charge on any atom is 0.416 e. The largest absolute Gasteiger partial charge is 0.484 e. The lowest BCUT2D eigenvalue weighted by Gasteiger charge is -2.14. The first-order valence-electron chi connectivity index (χ1n) is 10.6. The Hall–Kier alpha value is -3.76. The topological polar surface area (TPSA) is 93.7 Å². The van der Waals surface area contributed by atoms with Gasteiger partial charge in [0.25, 0.3) is 11.8 Å². The number of anilines is 2. The highest BCUT2D eigenvalue weighted by atomic mass is 35.5. The van der Waals surface area contributed by atoms with E-state index in [1.165, 1.54) is 55.5 Å². The zero-order valence-electron chi connectivity index (χ0n) is 19.1. The average molecular weight is 555 g/mol. The highest BCUT2D eigenvalue weighted by Gasteiger charge is 2.30. The van der Waals surface area contributed by atoms with Crippen molar-refractivity contribution in [2.45, 2.75) is 19.2 Å². The van der Waals surface area contributed by atoms with Crippen LogP contribution in [-0.4, -0.2) is 30.5 Å². The standard InChI is InChI=1S/C25H19Cl2F3N2O5/c1-14(23(34)32-21-10-7-17(26)12-20(21)27)37-24(35)15-5-8-19(9-6-15)36-13-22(33)31-18-4-2-3-16(11-18)25(28,29)30/h2-12,14H,13H2,1H3,(H,31,33)(H,32,34)/t14-/m0/s1. The highest BCUT2D eigenvalue weighted by molar-refractivity contribution is 6.36. The molecule has 0 aliphatic carbocycles. The Kier molecular flexibility index (Phi) is 9.01. The third kappa shape index (κ3) is 8.12. The Morgan fingerprint density at radius 3 is 2.30 bits per heavy atom. The van der Waals surface area contributed by atoms with Crippen LogP contribution >= 0.6 is 23.2 Å². The molecule has 0 heterocycles. The minimum Gasteiger partial charge on any atom is -0.484 e. The smallest absolute Gasteiger partial charge is 0.416 e. The summed E-state index contributed by atoms with van der Waals surface area (Å²) in [5.74, 6) is -1.84. The van der Waals surface area contributed by atoms with E-state index in [-0.39, 0.29) is 22.0 Å². The van der Waals surface area contributed by atoms with Gasteiger partial charge in [-0.3, -0.25) is 9.59 Å². The van der Waals surface area contributed by atoms with Crippen molar-refractivity contribution in [2.24, 2.45) is 0 Å². The van der Waals surface area contributed by atoms with Crippen molar-refractivity contribution >= 4 is 52.4 Å². The Balaban J connectivity index is 1.49. The summed E-state index contributed by atoms with van der Waals surface area (Å²) < 4.78 is 48.8. The van der Waals surface area contributed by atoms with Crippen molar-refractivity contribution < 1.29 is 37.0 Å². The fourth-order valence-electron chi connectivity index (χ4n) is 2.91. The molecule has 0 aliphatic rings. The predicted molar refractivity (Wildman–Crippen MR) is 132 cm³/mol. The van der Waals surface area contributed by atoms with Crippen molar-refractivity contribution in [1.82, 2.24) is 0 Å². The van der Waals surface area contributed by atoms with Crippen LogP contribution in [0.1, 0.15) is 22.8 Å². The minimum absolute atomic E-state index is 0.0296. The van der Waals surface area contributed by atoms with Gasteiger partial charge < -0.3 is 20.1 Å². The van der Waals surface area contributed by atoms with Crippen LogP contribution in [0.5, 0.6) is 5.75 Å². The van der Waals surface area contributed by atoms with Crippen LogP contribution in [0.3, 0.4) is 0 Å². The predicted octanol–water partition coefficient (Wildman–Crippen LogP) is 6.21. The maximum absolute atomic E-state index is 12.8. The second-order valence-electron chi connectivity index (χ2n) is 7.60. The molecule has 0 saturated heterocycles. The summed E-state index contributed by atoms with van der Waals surface area (Å²) in [5, 5.41) is 5.47. The summed E-state index contributed by atoms with van der Waals surface area (Å²) in [6.45, 7) is 0.905. The first-order valence-corrected chi connectivity index (χ1v) is 11.3. The molecule has 0 aliphatic heterocycles. The minimum atomic E-state index is -4.54. The number of hydrogen-bond acceptors (Lipinski definition) is 5. The lowest BCUT2D eigenvalue weighted by atomic mass is 10.2. The van der Waals surface area contributed by atoms with Gasteiger partial charge in [0.2, 0.25) is 0 Å². The van der Waals surface area contributed by atoms with Gasteiger partial charge in [-0.05, 0) is 67.6 Å². The van der Waals surface area contributed by atoms with Crippen LogP contribution in [0.4, 0.5) is 24.5 Å². The molecule has 3 aromatic carbocycles. The first kappa shape index (κ1) is 27.8. The number of rotatable bonds is 8. The van der Waals surface area contributed by atoms with Gasteiger partial charge in [-0.15, -0.1) is 0 Å². The number of ether oxygens (including phenoxy) is 2. The van der Waals surface area contributed by atoms with Gasteiger partial charge in [0, 0.05) is 10.7 Å². The second kappa shape index (κ2) is 12.0. The van der Waals surface area contributed by atoms with Crippen molar-refractivity contribution in [3.8, 4) is 5.75 Å². The van der Waals surface area contributed by atoms with Crippen LogP contribution in [0.2, 0.25) is 10.0 Å². The molecule has 2 amide bonds. The Labute approximate surface area is 219 Å². The molecular formula is C25H19Cl2F3N2O5. The van der Waals surface area contributed by atoms with Crippen molar-refractivity contribution in [2.75, 3.05) is 17.2 Å². The molecule has 12 heteroatoms. The SMILES string of the molecule is C[C@H](OC(=O)c1ccc(OCC(=O)Nc2cccc(C(F)(F)F)c2)cc1)C(=O)Nc1ccc(Cl)cc1Cl. The van der Waals surface area contributed by atoms with E-state index in [9.17, 15) is 27.6 Å². The summed E-state index contributed by atoms with van der Waals surface area (Å²) in [4.78, 5) is 36.7. The third-order valence-corrected chi connectivity index (χ3v) is 5.32. The summed E-state index contributed by atoms with van der Waals surface area (Å²) in [7, 11) is 0. The van der Waals surface area contributed by atoms with Gasteiger partial charge in [-0.2, -0.15) is 13.2 Å². The fraction of sp³-hybridized carbons (Fsp3) is 0.160. The van der Waals surface area contributed by atoms with E-state index >= 15 is 0 Å². The van der Waals surface area contributed by atoms with E-state index in [0.29, 0.717) is 10.7 Å². The maximum atomic E-state index is 12.8. The summed E-state index contributed by atoms with van der Waals surface area (Å²) in [5.41, 5.74) is -0.505. The third-order valence-electron chi connectivity index (χ3n) is 4.78. The summed E-state index contributed by atoms with van der Waals surface area (Å²) in [6.07, 6.45) is -5.68. The van der Waals surface area contributed by atoms with Gasteiger partial charge in [0.1, 0.15) is 5.75 Å². The number of benzene rings is 3. The molecule has 0 saturated carbocycles. The van der Waals surface area contributed by atoms with Gasteiger partial charge in [0.15, 0.2) is 12.7 Å². The molecule has 0 fully saturated rings. The molecule has 0 radical (unpaired) electrons. The lowest BCUT2D eigenvalue weighted by Crippen LogP contribution is -2.30. The number of amides is 2. The molecule has 2 N–H and O–H groups in total. The van der Waals surface area contributed by atoms with Gasteiger partial charge in [-0.25, -0.2) is 4.79 Å². The Morgan fingerprint density at radius 1 is 0.946 bits per heavy atom. The molecule has 0 unspecified atom stereocenters. The van der Waals surface area contributed by atoms with E-state index in [1.54, 1.807) is 6.07 Å². The van der Waals surface area contributed by atoms with Crippen LogP contribution in [-0.2, 0) is 20.5 Å². The number of hydrogen-bond donors (Lipinski definition) is 2. The zero-order valence-corrected chi connectivity index (χ0v) is 20.6. The van der Waals surface area contributed by atoms with Gasteiger partial charge >= 0.3 is 12.1 Å². The molecule has 194 valence electrons. The van der Waals surface area contributed by atoms with Crippen molar-refractivity contribution in [1.29, 1.82) is 0 Å². The van der Waals surface area contributed by atoms with E-state index in [0.717, 1.165) is 12.1 Å². The average Bonchev–Trinajstić information content (AvgIpc) is 2.84. The molecule has 37 heavy (non-hydrogen) atoms. The molecule has 0 bridgehead atoms. The van der Waals surface area contributed by atoms with Gasteiger partial charge in [-0.1, -0.05) is 29.3 Å². The van der Waals surface area contributed by atoms with E-state index in [4.69, 9.17) is 32.7 Å². The fourth-order valence-corrected chi connectivity index (χ4v) is 3.37. The molecule has 3 aromatic rings. The van der Waals surface area contributed by atoms with Crippen LogP contribution in [0, 0.1) is 0 Å². The molecule has 7 nitrogen and oxygen atoms in total.